The number of hydrogen-bond donors (Lipinski definition) is 3. The number of rotatable bonds is 7. The van der Waals surface area contributed by atoms with E-state index in [-0.39, 0.29) is 20.8 Å². The molecule has 0 aliphatic carbocycles. The summed E-state index contributed by atoms with van der Waals surface area (Å²) in [7, 11) is -3.59. The van der Waals surface area contributed by atoms with Crippen LogP contribution in [0, 0.1) is 0 Å². The predicted molar refractivity (Wildman–Crippen MR) is 110 cm³/mol. The van der Waals surface area contributed by atoms with E-state index in [1.54, 1.807) is 36.4 Å². The van der Waals surface area contributed by atoms with Crippen LogP contribution in [0.4, 0.5) is 5.13 Å². The van der Waals surface area contributed by atoms with Gasteiger partial charge in [0.15, 0.2) is 10.8 Å². The molecule has 2 heterocycles. The lowest BCUT2D eigenvalue weighted by molar-refractivity contribution is -0.142. The molecule has 0 radical (unpaired) electrons. The number of aromatic nitrogens is 1. The second kappa shape index (κ2) is 8.61. The zero-order valence-electron chi connectivity index (χ0n) is 15.5. The van der Waals surface area contributed by atoms with E-state index in [2.05, 4.69) is 20.3 Å². The molecule has 158 valence electrons. The minimum absolute atomic E-state index is 0.131. The van der Waals surface area contributed by atoms with Crippen molar-refractivity contribution in [1.29, 1.82) is 0 Å². The maximum absolute atomic E-state index is 12.7. The van der Waals surface area contributed by atoms with Crippen molar-refractivity contribution in [3.8, 4) is 0 Å². The topological polar surface area (TPSA) is 164 Å². The lowest BCUT2D eigenvalue weighted by Gasteiger charge is -2.42. The highest BCUT2D eigenvalue weighted by molar-refractivity contribution is 7.84. The van der Waals surface area contributed by atoms with Gasteiger partial charge < -0.3 is 15.9 Å². The molecule has 0 bridgehead atoms. The van der Waals surface area contributed by atoms with Crippen LogP contribution in [0.5, 0.6) is 0 Å². The summed E-state index contributed by atoms with van der Waals surface area (Å²) < 4.78 is 32.8. The van der Waals surface area contributed by atoms with Gasteiger partial charge in [0.25, 0.3) is 11.8 Å². The van der Waals surface area contributed by atoms with Crippen LogP contribution in [0.3, 0.4) is 0 Å². The van der Waals surface area contributed by atoms with Crippen LogP contribution >= 0.6 is 11.3 Å². The smallest absolute Gasteiger partial charge is 0.362 e. The fraction of sp³-hybridized carbons (Fsp3) is 0.176. The quantitative estimate of drug-likeness (QED) is 0.234. The van der Waals surface area contributed by atoms with Crippen LogP contribution < -0.4 is 11.1 Å². The molecule has 1 aliphatic heterocycles. The van der Waals surface area contributed by atoms with Crippen LogP contribution in [0.1, 0.15) is 11.3 Å². The fourth-order valence-electron chi connectivity index (χ4n) is 2.76. The molecule has 1 saturated heterocycles. The van der Waals surface area contributed by atoms with Crippen LogP contribution in [-0.4, -0.2) is 59.0 Å². The first-order valence-corrected chi connectivity index (χ1v) is 10.7. The molecular formula is C17H17N5O6S2. The molecule has 2 aromatic rings. The number of carbonyl (C=O) groups excluding carboxylic acids is 2. The molecule has 11 nitrogen and oxygen atoms in total. The van der Waals surface area contributed by atoms with Gasteiger partial charge in [0.05, 0.1) is 6.04 Å². The highest BCUT2D eigenvalue weighted by Crippen LogP contribution is 2.26. The number of anilines is 1. The zero-order chi connectivity index (χ0) is 21.9. The number of carbonyl (C=O) groups is 2. The maximum atomic E-state index is 12.7. The van der Waals surface area contributed by atoms with Gasteiger partial charge >= 0.3 is 10.3 Å². The van der Waals surface area contributed by atoms with E-state index in [4.69, 9.17) is 5.73 Å². The second-order valence-electron chi connectivity index (χ2n) is 6.02. The average molecular weight is 451 g/mol. The Morgan fingerprint density at radius 2 is 2.10 bits per heavy atom. The van der Waals surface area contributed by atoms with Crippen molar-refractivity contribution in [3.63, 3.8) is 0 Å². The SMILES string of the molecule is CON=C(C(=O)N[C@H]1C(=O)N(S(=O)(=O)O)[C@H]1C=Cc1ccccc1)c1csc(N)n1. The first kappa shape index (κ1) is 21.4. The number of nitrogens with zero attached hydrogens (tertiary/aromatic N) is 3. The van der Waals surface area contributed by atoms with Crippen molar-refractivity contribution in [1.82, 2.24) is 14.6 Å². The van der Waals surface area contributed by atoms with Crippen molar-refractivity contribution in [2.24, 2.45) is 5.16 Å². The highest BCUT2D eigenvalue weighted by atomic mass is 32.2. The Balaban J connectivity index is 1.85. The van der Waals surface area contributed by atoms with E-state index in [0.29, 0.717) is 0 Å². The van der Waals surface area contributed by atoms with Gasteiger partial charge in [0, 0.05) is 5.38 Å². The summed E-state index contributed by atoms with van der Waals surface area (Å²) in [4.78, 5) is 33.6. The molecule has 13 heteroatoms. The lowest BCUT2D eigenvalue weighted by Crippen LogP contribution is -2.71. The minimum atomic E-state index is -4.82. The van der Waals surface area contributed by atoms with Crippen molar-refractivity contribution in [3.05, 3.63) is 53.0 Å². The molecule has 30 heavy (non-hydrogen) atoms. The number of nitrogens with one attached hydrogen (secondary N) is 1. The second-order valence-corrected chi connectivity index (χ2v) is 8.20. The molecule has 1 aromatic heterocycles. The van der Waals surface area contributed by atoms with Gasteiger partial charge in [-0.1, -0.05) is 47.6 Å². The number of β-lactam (4-membered cyclic amide) rings is 1. The summed E-state index contributed by atoms with van der Waals surface area (Å²) >= 11 is 1.08. The molecule has 0 spiro atoms. The summed E-state index contributed by atoms with van der Waals surface area (Å²) in [5.41, 5.74) is 6.19. The molecule has 2 amide bonds. The van der Waals surface area contributed by atoms with Gasteiger partial charge in [0.2, 0.25) is 0 Å². The number of oxime groups is 1. The molecule has 4 N–H and O–H groups in total. The van der Waals surface area contributed by atoms with Gasteiger partial charge in [-0.05, 0) is 5.56 Å². The van der Waals surface area contributed by atoms with Crippen LogP contribution in [0.15, 0.2) is 46.9 Å². The van der Waals surface area contributed by atoms with Crippen molar-refractivity contribution in [2.75, 3.05) is 12.8 Å². The van der Waals surface area contributed by atoms with E-state index in [1.807, 2.05) is 0 Å². The number of thiazole rings is 1. The summed E-state index contributed by atoms with van der Waals surface area (Å²) in [6.45, 7) is 0. The van der Waals surface area contributed by atoms with Crippen molar-refractivity contribution < 1.29 is 27.4 Å². The molecule has 2 atom stereocenters. The minimum Gasteiger partial charge on any atom is -0.398 e. The van der Waals surface area contributed by atoms with Crippen LogP contribution in [-0.2, 0) is 24.7 Å². The monoisotopic (exact) mass is 451 g/mol. The van der Waals surface area contributed by atoms with Crippen molar-refractivity contribution in [2.45, 2.75) is 12.1 Å². The van der Waals surface area contributed by atoms with Gasteiger partial charge in [-0.25, -0.2) is 9.29 Å². The van der Waals surface area contributed by atoms with Crippen LogP contribution in [0.2, 0.25) is 0 Å². The third-order valence-electron chi connectivity index (χ3n) is 4.08. The predicted octanol–water partition coefficient (Wildman–Crippen LogP) is 0.288. The highest BCUT2D eigenvalue weighted by Gasteiger charge is 2.53. The van der Waals surface area contributed by atoms with Gasteiger partial charge in [-0.2, -0.15) is 8.42 Å². The number of amides is 2. The normalized spacial score (nSPS) is 19.6. The standard InChI is InChI=1S/C17H17N5O6S2/c1-28-21-13(11-9-29-17(18)19-11)15(23)20-14-12(22(16(14)24)30(25,26)27)8-7-10-5-3-2-4-6-10/h2-9,12,14H,1H3,(H2,18,19)(H,20,23)(H,25,26,27)/t12-,14+/m0/s1. The largest absolute Gasteiger partial charge is 0.398 e. The Kier molecular flexibility index (Phi) is 6.14. The van der Waals surface area contributed by atoms with E-state index in [0.717, 1.165) is 16.9 Å². The third kappa shape index (κ3) is 4.48. The Hall–Kier alpha value is -3.29. The number of nitrogen functional groups attached to an aromatic ring is 1. The van der Waals surface area contributed by atoms with Gasteiger partial charge in [0.1, 0.15) is 18.8 Å². The molecule has 1 fully saturated rings. The average Bonchev–Trinajstić information content (AvgIpc) is 3.12. The fourth-order valence-corrected chi connectivity index (χ4v) is 4.15. The van der Waals surface area contributed by atoms with Gasteiger partial charge in [-0.15, -0.1) is 11.3 Å². The molecule has 1 aromatic carbocycles. The Bertz CT molecular complexity index is 1110. The summed E-state index contributed by atoms with van der Waals surface area (Å²) in [5.74, 6) is -1.82. The molecule has 3 rings (SSSR count). The zero-order valence-corrected chi connectivity index (χ0v) is 17.1. The first-order valence-electron chi connectivity index (χ1n) is 8.39. The van der Waals surface area contributed by atoms with E-state index >= 15 is 0 Å². The molecule has 0 saturated carbocycles. The van der Waals surface area contributed by atoms with E-state index in [9.17, 15) is 22.6 Å². The summed E-state index contributed by atoms with van der Waals surface area (Å²) in [6, 6.07) is 6.49. The summed E-state index contributed by atoms with van der Waals surface area (Å²) in [6.07, 6.45) is 2.96. The van der Waals surface area contributed by atoms with Crippen LogP contribution in [0.25, 0.3) is 6.08 Å². The molecular weight excluding hydrogens is 434 g/mol. The van der Waals surface area contributed by atoms with E-state index < -0.39 is 34.2 Å². The Morgan fingerprint density at radius 1 is 1.40 bits per heavy atom. The number of benzene rings is 1. The third-order valence-corrected chi connectivity index (χ3v) is 5.67. The summed E-state index contributed by atoms with van der Waals surface area (Å²) in [5, 5.41) is 7.69. The first-order chi connectivity index (χ1) is 14.2. The Labute approximate surface area is 175 Å². The maximum Gasteiger partial charge on any atom is 0.362 e. The van der Waals surface area contributed by atoms with Crippen molar-refractivity contribution >= 4 is 50.4 Å². The Morgan fingerprint density at radius 3 is 2.67 bits per heavy atom. The van der Waals surface area contributed by atoms with E-state index in [1.165, 1.54) is 18.6 Å². The number of nitrogens with two attached hydrogens (primary N) is 1. The molecule has 1 aliphatic rings. The molecule has 0 unspecified atom stereocenters. The van der Waals surface area contributed by atoms with Gasteiger partial charge in [-0.3, -0.25) is 14.1 Å². The lowest BCUT2D eigenvalue weighted by atomic mass is 9.97. The number of hydrogen-bond acceptors (Lipinski definition) is 9.